The minimum atomic E-state index is 0.284. The van der Waals surface area contributed by atoms with Crippen LogP contribution in [-0.2, 0) is 6.54 Å². The first-order valence-corrected chi connectivity index (χ1v) is 6.33. The zero-order valence-electron chi connectivity index (χ0n) is 11.4. The lowest BCUT2D eigenvalue weighted by molar-refractivity contribution is 0.379. The van der Waals surface area contributed by atoms with Gasteiger partial charge in [0.2, 0.25) is 11.8 Å². The van der Waals surface area contributed by atoms with Crippen molar-refractivity contribution in [2.45, 2.75) is 26.8 Å². The molecule has 0 saturated carbocycles. The van der Waals surface area contributed by atoms with Crippen molar-refractivity contribution in [2.24, 2.45) is 0 Å². The Morgan fingerprint density at radius 2 is 2.11 bits per heavy atom. The van der Waals surface area contributed by atoms with Crippen molar-refractivity contribution in [1.82, 2.24) is 24.5 Å². The summed E-state index contributed by atoms with van der Waals surface area (Å²) >= 11 is 0. The van der Waals surface area contributed by atoms with E-state index in [1.807, 2.05) is 17.7 Å². The fourth-order valence-electron chi connectivity index (χ4n) is 1.72. The van der Waals surface area contributed by atoms with Gasteiger partial charge in [0.1, 0.15) is 0 Å². The van der Waals surface area contributed by atoms with Gasteiger partial charge in [-0.2, -0.15) is 15.0 Å². The molecule has 7 nitrogen and oxygen atoms in total. The SMILES string of the molecule is CCCn1ccnc1-c1nc(NCC)nc(OC)n1. The van der Waals surface area contributed by atoms with E-state index in [1.165, 1.54) is 7.11 Å². The van der Waals surface area contributed by atoms with Crippen molar-refractivity contribution in [2.75, 3.05) is 19.0 Å². The Labute approximate surface area is 112 Å². The molecule has 0 radical (unpaired) electrons. The quantitative estimate of drug-likeness (QED) is 0.851. The first-order valence-electron chi connectivity index (χ1n) is 6.33. The van der Waals surface area contributed by atoms with Crippen LogP contribution >= 0.6 is 0 Å². The number of rotatable bonds is 6. The first-order chi connectivity index (χ1) is 9.28. The van der Waals surface area contributed by atoms with Crippen LogP contribution in [0.1, 0.15) is 20.3 Å². The normalized spacial score (nSPS) is 10.5. The molecule has 0 fully saturated rings. The lowest BCUT2D eigenvalue weighted by atomic mass is 10.4. The van der Waals surface area contributed by atoms with Crippen LogP contribution in [0.4, 0.5) is 5.95 Å². The topological polar surface area (TPSA) is 77.8 Å². The standard InChI is InChI=1S/C12H18N6O/c1-4-7-18-8-6-14-10(18)9-15-11(13-5-2)17-12(16-9)19-3/h6,8H,4-5,7H2,1-3H3,(H,13,15,16,17). The van der Waals surface area contributed by atoms with Gasteiger partial charge in [0, 0.05) is 25.5 Å². The Kier molecular flexibility index (Phi) is 4.27. The Hall–Kier alpha value is -2.18. The van der Waals surface area contributed by atoms with Gasteiger partial charge >= 0.3 is 6.01 Å². The second kappa shape index (κ2) is 6.12. The zero-order chi connectivity index (χ0) is 13.7. The van der Waals surface area contributed by atoms with Gasteiger partial charge in [0.25, 0.3) is 0 Å². The lowest BCUT2D eigenvalue weighted by Gasteiger charge is -2.08. The van der Waals surface area contributed by atoms with Crippen molar-refractivity contribution in [3.63, 3.8) is 0 Å². The van der Waals surface area contributed by atoms with Gasteiger partial charge < -0.3 is 14.6 Å². The molecule has 0 aromatic carbocycles. The Morgan fingerprint density at radius 1 is 1.26 bits per heavy atom. The number of nitrogens with zero attached hydrogens (tertiary/aromatic N) is 5. The van der Waals surface area contributed by atoms with Crippen LogP contribution in [0.15, 0.2) is 12.4 Å². The number of hydrogen-bond donors (Lipinski definition) is 1. The summed E-state index contributed by atoms with van der Waals surface area (Å²) in [6.07, 6.45) is 4.68. The third kappa shape index (κ3) is 2.98. The Bertz CT molecular complexity index is 539. The van der Waals surface area contributed by atoms with Crippen molar-refractivity contribution in [3.8, 4) is 17.7 Å². The predicted molar refractivity (Wildman–Crippen MR) is 72.1 cm³/mol. The van der Waals surface area contributed by atoms with Crippen molar-refractivity contribution in [3.05, 3.63) is 12.4 Å². The largest absolute Gasteiger partial charge is 0.467 e. The first kappa shape index (κ1) is 13.3. The number of hydrogen-bond acceptors (Lipinski definition) is 6. The maximum absolute atomic E-state index is 5.10. The minimum Gasteiger partial charge on any atom is -0.467 e. The average molecular weight is 262 g/mol. The van der Waals surface area contributed by atoms with Crippen molar-refractivity contribution < 1.29 is 4.74 Å². The van der Waals surface area contributed by atoms with E-state index in [0.717, 1.165) is 25.3 Å². The lowest BCUT2D eigenvalue weighted by Crippen LogP contribution is -2.08. The molecule has 0 unspecified atom stereocenters. The molecule has 0 amide bonds. The van der Waals surface area contributed by atoms with Crippen LogP contribution in [0.5, 0.6) is 6.01 Å². The highest BCUT2D eigenvalue weighted by Gasteiger charge is 2.13. The molecule has 2 rings (SSSR count). The number of aryl methyl sites for hydroxylation is 1. The van der Waals surface area contributed by atoms with Gasteiger partial charge in [0.15, 0.2) is 5.82 Å². The molecule has 0 saturated heterocycles. The van der Waals surface area contributed by atoms with Crippen LogP contribution in [-0.4, -0.2) is 38.2 Å². The number of methoxy groups -OCH3 is 1. The van der Waals surface area contributed by atoms with E-state index in [-0.39, 0.29) is 6.01 Å². The summed E-state index contributed by atoms with van der Waals surface area (Å²) in [5, 5.41) is 3.06. The summed E-state index contributed by atoms with van der Waals surface area (Å²) in [5.41, 5.74) is 0. The van der Waals surface area contributed by atoms with E-state index < -0.39 is 0 Å². The van der Waals surface area contributed by atoms with Gasteiger partial charge in [-0.15, -0.1) is 0 Å². The smallest absolute Gasteiger partial charge is 0.321 e. The molecule has 0 bridgehead atoms. The molecule has 19 heavy (non-hydrogen) atoms. The van der Waals surface area contributed by atoms with E-state index >= 15 is 0 Å². The molecule has 2 aromatic rings. The van der Waals surface area contributed by atoms with E-state index in [2.05, 4.69) is 32.2 Å². The van der Waals surface area contributed by atoms with Crippen LogP contribution in [0.2, 0.25) is 0 Å². The molecule has 7 heteroatoms. The van der Waals surface area contributed by atoms with Gasteiger partial charge in [-0.1, -0.05) is 6.92 Å². The number of aromatic nitrogens is 5. The summed E-state index contributed by atoms with van der Waals surface area (Å²) < 4.78 is 7.12. The number of ether oxygens (including phenoxy) is 1. The molecule has 2 aromatic heterocycles. The summed E-state index contributed by atoms with van der Waals surface area (Å²) in [6.45, 7) is 5.70. The maximum Gasteiger partial charge on any atom is 0.321 e. The molecule has 0 aliphatic rings. The highest BCUT2D eigenvalue weighted by Crippen LogP contribution is 2.17. The zero-order valence-corrected chi connectivity index (χ0v) is 11.4. The van der Waals surface area contributed by atoms with Gasteiger partial charge in [0.05, 0.1) is 7.11 Å². The monoisotopic (exact) mass is 262 g/mol. The van der Waals surface area contributed by atoms with Gasteiger partial charge in [-0.05, 0) is 13.3 Å². The summed E-state index contributed by atoms with van der Waals surface area (Å²) in [5.74, 6) is 1.73. The van der Waals surface area contributed by atoms with Crippen LogP contribution in [0.25, 0.3) is 11.6 Å². The van der Waals surface area contributed by atoms with Crippen LogP contribution < -0.4 is 10.1 Å². The molecule has 0 aliphatic carbocycles. The van der Waals surface area contributed by atoms with Crippen LogP contribution in [0.3, 0.4) is 0 Å². The molecule has 102 valence electrons. The second-order valence-electron chi connectivity index (χ2n) is 3.94. The Balaban J connectivity index is 2.42. The van der Waals surface area contributed by atoms with Gasteiger partial charge in [-0.3, -0.25) is 0 Å². The fraction of sp³-hybridized carbons (Fsp3) is 0.500. The predicted octanol–water partition coefficient (Wildman–Crippen LogP) is 1.59. The van der Waals surface area contributed by atoms with Gasteiger partial charge in [-0.25, -0.2) is 4.98 Å². The molecular formula is C12H18N6O. The fourth-order valence-corrected chi connectivity index (χ4v) is 1.72. The van der Waals surface area contributed by atoms with E-state index in [9.17, 15) is 0 Å². The van der Waals surface area contributed by atoms with E-state index in [0.29, 0.717) is 11.8 Å². The molecule has 0 spiro atoms. The third-order valence-corrected chi connectivity index (χ3v) is 2.51. The summed E-state index contributed by atoms with van der Waals surface area (Å²) in [6, 6.07) is 0.284. The molecule has 0 aliphatic heterocycles. The van der Waals surface area contributed by atoms with E-state index in [1.54, 1.807) is 6.20 Å². The Morgan fingerprint density at radius 3 is 2.79 bits per heavy atom. The summed E-state index contributed by atoms with van der Waals surface area (Å²) in [4.78, 5) is 17.1. The highest BCUT2D eigenvalue weighted by atomic mass is 16.5. The maximum atomic E-state index is 5.10. The highest BCUT2D eigenvalue weighted by molar-refractivity contribution is 5.47. The van der Waals surface area contributed by atoms with Crippen molar-refractivity contribution in [1.29, 1.82) is 0 Å². The third-order valence-electron chi connectivity index (χ3n) is 2.51. The van der Waals surface area contributed by atoms with E-state index in [4.69, 9.17) is 4.74 Å². The molecule has 0 atom stereocenters. The molecular weight excluding hydrogens is 244 g/mol. The van der Waals surface area contributed by atoms with Crippen LogP contribution in [0, 0.1) is 0 Å². The average Bonchev–Trinajstić information content (AvgIpc) is 2.87. The number of imidazole rings is 1. The number of anilines is 1. The van der Waals surface area contributed by atoms with Crippen molar-refractivity contribution >= 4 is 5.95 Å². The second-order valence-corrected chi connectivity index (χ2v) is 3.94. The molecule has 2 heterocycles. The number of nitrogens with one attached hydrogen (secondary N) is 1. The minimum absolute atomic E-state index is 0.284. The molecule has 1 N–H and O–H groups in total. The summed E-state index contributed by atoms with van der Waals surface area (Å²) in [7, 11) is 1.54.